The van der Waals surface area contributed by atoms with Gasteiger partial charge in [-0.1, -0.05) is 19.1 Å². The summed E-state index contributed by atoms with van der Waals surface area (Å²) in [7, 11) is -1.37. The minimum atomic E-state index is -3.00. The summed E-state index contributed by atoms with van der Waals surface area (Å²) in [6, 6.07) is 15.9. The summed E-state index contributed by atoms with van der Waals surface area (Å²) in [4.78, 5) is 9.04. The van der Waals surface area contributed by atoms with Crippen molar-refractivity contribution in [2.75, 3.05) is 37.0 Å². The van der Waals surface area contributed by atoms with Crippen LogP contribution < -0.4 is 20.1 Å². The van der Waals surface area contributed by atoms with Crippen molar-refractivity contribution < 1.29 is 27.0 Å². The Morgan fingerprint density at radius 1 is 1.09 bits per heavy atom. The van der Waals surface area contributed by atoms with Crippen molar-refractivity contribution in [3.8, 4) is 11.5 Å². The van der Waals surface area contributed by atoms with Crippen LogP contribution in [0, 0.1) is 5.82 Å². The normalized spacial score (nSPS) is 16.1. The van der Waals surface area contributed by atoms with Crippen LogP contribution >= 0.6 is 15.9 Å². The monoisotopic (exact) mass is 698 g/mol. The van der Waals surface area contributed by atoms with Crippen molar-refractivity contribution in [2.24, 2.45) is 0 Å². The summed E-state index contributed by atoms with van der Waals surface area (Å²) in [5.41, 5.74) is 2.47. The number of rotatable bonds is 15. The smallest absolute Gasteiger partial charge is 0.151 e. The first-order valence-electron chi connectivity index (χ1n) is 14.7. The van der Waals surface area contributed by atoms with Crippen molar-refractivity contribution in [3.63, 3.8) is 0 Å². The van der Waals surface area contributed by atoms with E-state index >= 15 is 0 Å². The number of hydrogen-bond acceptors (Lipinski definition) is 9. The maximum Gasteiger partial charge on any atom is 0.151 e. The van der Waals surface area contributed by atoms with Gasteiger partial charge in [0.15, 0.2) is 9.84 Å². The molecule has 5 rings (SSSR count). The van der Waals surface area contributed by atoms with E-state index < -0.39 is 15.4 Å². The predicted molar refractivity (Wildman–Crippen MR) is 177 cm³/mol. The maximum absolute atomic E-state index is 13.5. The van der Waals surface area contributed by atoms with Crippen molar-refractivity contribution >= 4 is 48.2 Å². The van der Waals surface area contributed by atoms with Gasteiger partial charge in [-0.3, -0.25) is 0 Å². The van der Waals surface area contributed by atoms with Crippen molar-refractivity contribution in [2.45, 2.75) is 38.4 Å². The molecular weight excluding hydrogens is 663 g/mol. The molecule has 12 heteroatoms. The number of hydrogen-bond donors (Lipinski definition) is 2. The Bertz CT molecular complexity index is 1780. The summed E-state index contributed by atoms with van der Waals surface area (Å²) in [5.74, 6) is 1.88. The highest BCUT2D eigenvalue weighted by molar-refractivity contribution is 9.10. The summed E-state index contributed by atoms with van der Waals surface area (Å²) >= 11 is 3.59. The molecule has 45 heavy (non-hydrogen) atoms. The third kappa shape index (κ3) is 8.11. The molecule has 9 nitrogen and oxygen atoms in total. The molecule has 0 bridgehead atoms. The van der Waals surface area contributed by atoms with Gasteiger partial charge < -0.3 is 24.8 Å². The zero-order valence-corrected chi connectivity index (χ0v) is 27.6. The van der Waals surface area contributed by atoms with Crippen LogP contribution in [0.5, 0.6) is 11.5 Å². The van der Waals surface area contributed by atoms with Gasteiger partial charge in [-0.2, -0.15) is 0 Å². The first kappa shape index (κ1) is 32.6. The van der Waals surface area contributed by atoms with Crippen molar-refractivity contribution in [3.05, 3.63) is 94.7 Å². The molecule has 1 aliphatic heterocycles. The van der Waals surface area contributed by atoms with E-state index in [1.165, 1.54) is 18.5 Å². The van der Waals surface area contributed by atoms with Crippen LogP contribution in [0.25, 0.3) is 10.9 Å². The molecule has 0 radical (unpaired) electrons. The number of halogens is 2. The highest BCUT2D eigenvalue weighted by Gasteiger charge is 2.38. The van der Waals surface area contributed by atoms with E-state index in [2.05, 4.69) is 36.5 Å². The number of nitrogens with zero attached hydrogens (tertiary/aromatic N) is 2. The topological polar surface area (TPSA) is 112 Å². The Hall–Kier alpha value is -3.74. The lowest BCUT2D eigenvalue weighted by Gasteiger charge is -2.31. The van der Waals surface area contributed by atoms with Crippen LogP contribution in [0.3, 0.4) is 0 Å². The number of aromatic nitrogens is 2. The number of sulfone groups is 1. The first-order chi connectivity index (χ1) is 21.7. The molecule has 0 aliphatic carbocycles. The third-order valence-corrected chi connectivity index (χ3v) is 10.1. The predicted octanol–water partition coefficient (Wildman–Crippen LogP) is 6.80. The van der Waals surface area contributed by atoms with E-state index in [-0.39, 0.29) is 23.9 Å². The van der Waals surface area contributed by atoms with Crippen LogP contribution in [0.15, 0.2) is 77.7 Å². The molecule has 1 aromatic heterocycles. The molecule has 1 atom stereocenters. The van der Waals surface area contributed by atoms with E-state index in [0.29, 0.717) is 48.8 Å². The summed E-state index contributed by atoms with van der Waals surface area (Å²) in [6.45, 7) is 2.98. The summed E-state index contributed by atoms with van der Waals surface area (Å²) in [6.07, 6.45) is 7.35. The molecular formula is C33H36BrFN4O5S. The highest BCUT2D eigenvalue weighted by Crippen LogP contribution is 2.45. The fourth-order valence-corrected chi connectivity index (χ4v) is 6.50. The van der Waals surface area contributed by atoms with E-state index in [1.54, 1.807) is 26.4 Å². The largest absolute Gasteiger partial charge is 0.496 e. The molecule has 0 spiro atoms. The molecule has 0 amide bonds. The average molecular weight is 700 g/mol. The second kappa shape index (κ2) is 14.6. The number of benzene rings is 3. The number of nitrogens with one attached hydrogen (secondary N) is 2. The van der Waals surface area contributed by atoms with Crippen LogP contribution in [-0.4, -0.2) is 50.1 Å². The van der Waals surface area contributed by atoms with Gasteiger partial charge in [0.1, 0.15) is 41.7 Å². The van der Waals surface area contributed by atoms with Crippen LogP contribution in [-0.2, 0) is 26.8 Å². The van der Waals surface area contributed by atoms with E-state index in [4.69, 9.17) is 14.2 Å². The maximum atomic E-state index is 13.5. The average Bonchev–Trinajstić information content (AvgIpc) is 3.52. The second-order valence-electron chi connectivity index (χ2n) is 10.8. The number of fused-ring (bicyclic) bond motifs is 1. The molecule has 2 heterocycles. The molecule has 0 saturated carbocycles. The van der Waals surface area contributed by atoms with Crippen molar-refractivity contribution in [1.82, 2.24) is 15.3 Å². The van der Waals surface area contributed by atoms with Gasteiger partial charge in [0.25, 0.3) is 0 Å². The number of methoxy groups -OCH3 is 1. The van der Waals surface area contributed by atoms with Crippen LogP contribution in [0.4, 0.5) is 15.9 Å². The molecule has 1 aliphatic rings. The van der Waals surface area contributed by atoms with Crippen molar-refractivity contribution in [1.29, 1.82) is 0 Å². The minimum absolute atomic E-state index is 0.127. The van der Waals surface area contributed by atoms with Crippen LogP contribution in [0.1, 0.15) is 37.3 Å². The number of ether oxygens (including phenoxy) is 3. The van der Waals surface area contributed by atoms with E-state index in [0.717, 1.165) is 33.1 Å². The fourth-order valence-electron chi connectivity index (χ4n) is 5.26. The molecule has 0 fully saturated rings. The Balaban J connectivity index is 1.34. The minimum Gasteiger partial charge on any atom is -0.496 e. The lowest BCUT2D eigenvalue weighted by Crippen LogP contribution is -2.29. The standard InChI is InChI=1S/C33H36BrFN4O5S/c1-3-45(40,41)16-14-36-13-5-11-33(12-6-15-44-33)27-19-26-29(20-31(27)42-2)37-22-38-32(26)39-25-9-10-30(28(34)18-25)43-21-23-7-4-8-24(35)17-23/h4,6-10,15,17-20,22,36H,3,5,11-14,16,21H2,1-2H3,(H,37,38,39). The van der Waals surface area contributed by atoms with E-state index in [1.807, 2.05) is 42.5 Å². The van der Waals surface area contributed by atoms with Gasteiger partial charge in [0.05, 0.1) is 29.1 Å². The SMILES string of the molecule is CCS(=O)(=O)CCNCCCC1(c2cc3c(Nc4ccc(OCc5cccc(F)c5)c(Br)c4)ncnc3cc2OC)CC=CO1. The summed E-state index contributed by atoms with van der Waals surface area (Å²) in [5, 5.41) is 7.45. The lowest BCUT2D eigenvalue weighted by molar-refractivity contribution is 0.0284. The molecule has 4 aromatic rings. The Kier molecular flexibility index (Phi) is 10.6. The molecule has 1 unspecified atom stereocenters. The quantitative estimate of drug-likeness (QED) is 0.130. The molecule has 3 aromatic carbocycles. The lowest BCUT2D eigenvalue weighted by atomic mass is 9.85. The zero-order chi connectivity index (χ0) is 31.9. The fraction of sp³-hybridized carbons (Fsp3) is 0.333. The van der Waals surface area contributed by atoms with Gasteiger partial charge >= 0.3 is 0 Å². The second-order valence-corrected chi connectivity index (χ2v) is 14.1. The summed E-state index contributed by atoms with van der Waals surface area (Å²) < 4.78 is 55.9. The third-order valence-electron chi connectivity index (χ3n) is 7.73. The van der Waals surface area contributed by atoms with E-state index in [9.17, 15) is 12.8 Å². The van der Waals surface area contributed by atoms with Crippen LogP contribution in [0.2, 0.25) is 0 Å². The first-order valence-corrected chi connectivity index (χ1v) is 17.3. The zero-order valence-electron chi connectivity index (χ0n) is 25.2. The van der Waals surface area contributed by atoms with Gasteiger partial charge in [0.2, 0.25) is 0 Å². The number of anilines is 2. The Labute approximate surface area is 271 Å². The highest BCUT2D eigenvalue weighted by atomic mass is 79.9. The molecule has 2 N–H and O–H groups in total. The van der Waals surface area contributed by atoms with Gasteiger partial charge in [-0.25, -0.2) is 22.8 Å². The van der Waals surface area contributed by atoms with Gasteiger partial charge in [-0.15, -0.1) is 0 Å². The Morgan fingerprint density at radius 2 is 1.96 bits per heavy atom. The van der Waals surface area contributed by atoms with Gasteiger partial charge in [-0.05, 0) is 83.4 Å². The Morgan fingerprint density at radius 3 is 2.69 bits per heavy atom. The van der Waals surface area contributed by atoms with Gasteiger partial charge in [0, 0.05) is 41.4 Å². The molecule has 0 saturated heterocycles. The molecule has 238 valence electrons.